The predicted octanol–water partition coefficient (Wildman–Crippen LogP) is 4.39. The second-order valence-electron chi connectivity index (χ2n) is 3.75. The van der Waals surface area contributed by atoms with Gasteiger partial charge in [-0.2, -0.15) is 0 Å². The number of hydrogen-bond acceptors (Lipinski definition) is 0. The minimum Gasteiger partial charge on any atom is -0.134 e. The molecule has 0 spiro atoms. The van der Waals surface area contributed by atoms with E-state index in [0.717, 1.165) is 5.66 Å². The Morgan fingerprint density at radius 1 is 1.00 bits per heavy atom. The van der Waals surface area contributed by atoms with Gasteiger partial charge in [-0.05, 0) is 18.5 Å². The maximum absolute atomic E-state index is 2.91. The third-order valence-corrected chi connectivity index (χ3v) is 3.02. The third kappa shape index (κ3) is 8.53. The summed E-state index contributed by atoms with van der Waals surface area (Å²) in [7, 11) is 2.91. The topological polar surface area (TPSA) is 0 Å². The molecule has 0 nitrogen and oxygen atoms in total. The van der Waals surface area contributed by atoms with E-state index in [4.69, 9.17) is 0 Å². The van der Waals surface area contributed by atoms with E-state index >= 15 is 0 Å². The first kappa shape index (κ1) is 12.4. The van der Waals surface area contributed by atoms with Crippen molar-refractivity contribution in [1.29, 1.82) is 0 Å². The predicted molar refractivity (Wildman–Crippen MR) is 61.8 cm³/mol. The van der Waals surface area contributed by atoms with Gasteiger partial charge >= 0.3 is 0 Å². The Kier molecular flexibility index (Phi) is 9.86. The fourth-order valence-electron chi connectivity index (χ4n) is 1.49. The second-order valence-corrected chi connectivity index (χ2v) is 4.69. The number of unbranched alkanes of at least 4 members (excludes halogenated alkanes) is 2. The Bertz CT molecular complexity index is 73.1. The molecule has 1 unspecified atom stereocenters. The van der Waals surface area contributed by atoms with Crippen LogP contribution in [0.5, 0.6) is 0 Å². The van der Waals surface area contributed by atoms with Crippen LogP contribution in [0.3, 0.4) is 0 Å². The molecule has 74 valence electrons. The van der Waals surface area contributed by atoms with Gasteiger partial charge in [0.25, 0.3) is 0 Å². The van der Waals surface area contributed by atoms with Crippen LogP contribution in [-0.4, -0.2) is 5.66 Å². The highest BCUT2D eigenvalue weighted by molar-refractivity contribution is 7.17. The van der Waals surface area contributed by atoms with Crippen LogP contribution in [0.15, 0.2) is 0 Å². The summed E-state index contributed by atoms with van der Waals surface area (Å²) >= 11 is 0. The van der Waals surface area contributed by atoms with Crippen molar-refractivity contribution in [2.45, 2.75) is 70.9 Å². The molecule has 1 aliphatic rings. The van der Waals surface area contributed by atoms with Gasteiger partial charge < -0.3 is 0 Å². The van der Waals surface area contributed by atoms with E-state index in [1.54, 1.807) is 0 Å². The van der Waals surface area contributed by atoms with Gasteiger partial charge in [-0.1, -0.05) is 52.4 Å². The Labute approximate surface area is 80.7 Å². The molecule has 1 heteroatoms. The lowest BCUT2D eigenvalue weighted by Gasteiger charge is -2.15. The first-order valence-electron chi connectivity index (χ1n) is 5.56. The average molecular weight is 188 g/mol. The molecular weight excluding hydrogens is 163 g/mol. The quantitative estimate of drug-likeness (QED) is 0.564. The SMILES string of the molecule is CCCCC.PC1CCCCC1. The monoisotopic (exact) mass is 188 g/mol. The summed E-state index contributed by atoms with van der Waals surface area (Å²) in [4.78, 5) is 0. The molecule has 1 rings (SSSR count). The van der Waals surface area contributed by atoms with Crippen molar-refractivity contribution >= 4 is 9.24 Å². The Hall–Kier alpha value is 0.430. The molecule has 1 atom stereocenters. The smallest absolute Gasteiger partial charge is 0.0264 e. The van der Waals surface area contributed by atoms with Crippen molar-refractivity contribution in [2.75, 3.05) is 0 Å². The molecule has 0 radical (unpaired) electrons. The summed E-state index contributed by atoms with van der Waals surface area (Å²) in [6, 6.07) is 0. The summed E-state index contributed by atoms with van der Waals surface area (Å²) in [6.07, 6.45) is 11.4. The third-order valence-electron chi connectivity index (χ3n) is 2.36. The highest BCUT2D eigenvalue weighted by Crippen LogP contribution is 2.23. The Morgan fingerprint density at radius 3 is 1.67 bits per heavy atom. The van der Waals surface area contributed by atoms with Crippen LogP contribution >= 0.6 is 9.24 Å². The molecule has 1 saturated carbocycles. The summed E-state index contributed by atoms with van der Waals surface area (Å²) in [5, 5.41) is 0. The summed E-state index contributed by atoms with van der Waals surface area (Å²) in [6.45, 7) is 4.42. The molecule has 0 N–H and O–H groups in total. The van der Waals surface area contributed by atoms with Gasteiger partial charge in [-0.25, -0.2) is 0 Å². The van der Waals surface area contributed by atoms with Crippen LogP contribution in [-0.2, 0) is 0 Å². The maximum Gasteiger partial charge on any atom is -0.0264 e. The molecule has 12 heavy (non-hydrogen) atoms. The van der Waals surface area contributed by atoms with Crippen molar-refractivity contribution in [3.05, 3.63) is 0 Å². The zero-order valence-electron chi connectivity index (χ0n) is 8.81. The lowest BCUT2D eigenvalue weighted by Crippen LogP contribution is -2.02. The van der Waals surface area contributed by atoms with Crippen molar-refractivity contribution in [2.24, 2.45) is 0 Å². The van der Waals surface area contributed by atoms with Crippen LogP contribution in [0.1, 0.15) is 65.2 Å². The van der Waals surface area contributed by atoms with E-state index < -0.39 is 0 Å². The molecule has 0 aromatic carbocycles. The first-order valence-corrected chi connectivity index (χ1v) is 6.23. The van der Waals surface area contributed by atoms with Gasteiger partial charge in [0, 0.05) is 0 Å². The molecule has 1 aliphatic carbocycles. The van der Waals surface area contributed by atoms with E-state index in [1.165, 1.54) is 51.4 Å². The maximum atomic E-state index is 2.91. The summed E-state index contributed by atoms with van der Waals surface area (Å²) in [5.41, 5.74) is 0.953. The van der Waals surface area contributed by atoms with Gasteiger partial charge in [-0.3, -0.25) is 0 Å². The van der Waals surface area contributed by atoms with Crippen molar-refractivity contribution in [3.63, 3.8) is 0 Å². The van der Waals surface area contributed by atoms with Crippen LogP contribution in [0, 0.1) is 0 Å². The minimum atomic E-state index is 0.953. The van der Waals surface area contributed by atoms with Gasteiger partial charge in [0.1, 0.15) is 0 Å². The molecule has 0 aromatic heterocycles. The van der Waals surface area contributed by atoms with Crippen LogP contribution < -0.4 is 0 Å². The zero-order chi connectivity index (χ0) is 9.23. The molecule has 1 fully saturated rings. The van der Waals surface area contributed by atoms with E-state index in [1.807, 2.05) is 0 Å². The van der Waals surface area contributed by atoms with E-state index in [0.29, 0.717) is 0 Å². The largest absolute Gasteiger partial charge is 0.134 e. The summed E-state index contributed by atoms with van der Waals surface area (Å²) < 4.78 is 0. The fraction of sp³-hybridized carbons (Fsp3) is 1.00. The van der Waals surface area contributed by atoms with Gasteiger partial charge in [0.15, 0.2) is 0 Å². The zero-order valence-corrected chi connectivity index (χ0v) is 9.97. The normalized spacial score (nSPS) is 18.2. The second kappa shape index (κ2) is 9.52. The molecule has 0 saturated heterocycles. The van der Waals surface area contributed by atoms with Gasteiger partial charge in [0.2, 0.25) is 0 Å². The standard InChI is InChI=1S/C6H13P.C5H12/c7-6-4-2-1-3-5-6;1-3-5-4-2/h6H,1-5,7H2;3-5H2,1-2H3. The molecular formula is C11H25P. The highest BCUT2D eigenvalue weighted by Gasteiger charge is 2.06. The molecule has 0 aromatic rings. The molecule has 0 aliphatic heterocycles. The van der Waals surface area contributed by atoms with Crippen molar-refractivity contribution in [3.8, 4) is 0 Å². The summed E-state index contributed by atoms with van der Waals surface area (Å²) in [5.74, 6) is 0. The van der Waals surface area contributed by atoms with Crippen LogP contribution in [0.2, 0.25) is 0 Å². The highest BCUT2D eigenvalue weighted by atomic mass is 31.0. The molecule has 0 amide bonds. The Morgan fingerprint density at radius 2 is 1.50 bits per heavy atom. The van der Waals surface area contributed by atoms with Gasteiger partial charge in [-0.15, -0.1) is 9.24 Å². The average Bonchev–Trinajstić information content (AvgIpc) is 2.08. The lowest BCUT2D eigenvalue weighted by atomic mass is 10.0. The fourth-order valence-corrected chi connectivity index (χ4v) is 1.96. The lowest BCUT2D eigenvalue weighted by molar-refractivity contribution is 0.516. The van der Waals surface area contributed by atoms with E-state index in [2.05, 4.69) is 23.1 Å². The van der Waals surface area contributed by atoms with Crippen LogP contribution in [0.25, 0.3) is 0 Å². The van der Waals surface area contributed by atoms with Crippen LogP contribution in [0.4, 0.5) is 0 Å². The minimum absolute atomic E-state index is 0.953. The van der Waals surface area contributed by atoms with E-state index in [-0.39, 0.29) is 0 Å². The van der Waals surface area contributed by atoms with Gasteiger partial charge in [0.05, 0.1) is 0 Å². The van der Waals surface area contributed by atoms with Crippen molar-refractivity contribution in [1.82, 2.24) is 0 Å². The first-order chi connectivity index (χ1) is 5.81. The number of hydrogen-bond donors (Lipinski definition) is 0. The molecule has 0 bridgehead atoms. The number of rotatable bonds is 2. The Balaban J connectivity index is 0.000000217. The van der Waals surface area contributed by atoms with Crippen molar-refractivity contribution < 1.29 is 0 Å². The van der Waals surface area contributed by atoms with E-state index in [9.17, 15) is 0 Å². The molecule has 0 heterocycles.